The monoisotopic (exact) mass is 837 g/mol. The number of aryl methyl sites for hydroxylation is 2. The van der Waals surface area contributed by atoms with Crippen LogP contribution in [0.5, 0.6) is 0 Å². The van der Waals surface area contributed by atoms with E-state index in [4.69, 9.17) is 17.0 Å². The normalized spacial score (nSPS) is 10.8. The van der Waals surface area contributed by atoms with Crippen LogP contribution in [-0.4, -0.2) is 19.4 Å². The number of hydrogen-bond acceptors (Lipinski definition) is 2. The molecule has 0 saturated carbocycles. The standard InChI is InChI=1S/2C20H21.C6H12BN2O2.2ClH.Zr/c2*1-14-8-5-6-10-17(14)18-11-7-9-15-12-16(13-19(15)18)20(2,3)4;1-3-5(10)8-7-9-6(11)4-2;;;/h2*5-13H,1-4H3;3-4H2,1-2H3,(H,8,10)(H,9,11);2*1H;/q2*-1;;;;+4/p-2. The molecule has 4 nitrogen and oxygen atoms in total. The van der Waals surface area contributed by atoms with E-state index in [0.29, 0.717) is 12.8 Å². The molecule has 2 amide bonds. The summed E-state index contributed by atoms with van der Waals surface area (Å²) in [6, 6.07) is 39.8. The van der Waals surface area contributed by atoms with Gasteiger partial charge in [-0.25, -0.2) is 0 Å². The Morgan fingerprint density at radius 1 is 0.593 bits per heavy atom. The van der Waals surface area contributed by atoms with Crippen LogP contribution in [0.15, 0.2) is 109 Å². The molecule has 6 rings (SSSR count). The number of nitrogens with one attached hydrogen (secondary N) is 2. The van der Waals surface area contributed by atoms with Crippen LogP contribution < -0.4 is 10.5 Å². The number of carbonyl (C=O) groups excluding carboxylic acids is 2. The van der Waals surface area contributed by atoms with Crippen LogP contribution in [0.4, 0.5) is 0 Å². The molecule has 0 unspecified atom stereocenters. The average Bonchev–Trinajstić information content (AvgIpc) is 3.79. The summed E-state index contributed by atoms with van der Waals surface area (Å²) < 4.78 is 0. The second-order valence-corrected chi connectivity index (χ2v) is 19.0. The Labute approximate surface area is 343 Å². The van der Waals surface area contributed by atoms with E-state index in [1.807, 2.05) is 0 Å². The summed E-state index contributed by atoms with van der Waals surface area (Å²) in [5, 5.41) is 10.2. The molecule has 0 bridgehead atoms. The molecule has 0 spiro atoms. The minimum absolute atomic E-state index is 0.110. The Kier molecular flexibility index (Phi) is 17.5. The van der Waals surface area contributed by atoms with Crippen LogP contribution in [0.1, 0.15) is 90.5 Å². The maximum absolute atomic E-state index is 10.6. The Balaban J connectivity index is 0.000000219. The fourth-order valence-corrected chi connectivity index (χ4v) is 5.96. The molecule has 0 saturated heterocycles. The molecule has 0 fully saturated rings. The second kappa shape index (κ2) is 21.0. The van der Waals surface area contributed by atoms with E-state index in [2.05, 4.69) is 175 Å². The number of benzene rings is 4. The third-order valence-corrected chi connectivity index (χ3v) is 9.21. The number of halogens is 2. The molecule has 0 atom stereocenters. The maximum atomic E-state index is 10.6. The molecular formula is C46H54BCl2N2O2Zr. The van der Waals surface area contributed by atoms with Gasteiger partial charge in [0.05, 0.1) is 0 Å². The number of amides is 2. The van der Waals surface area contributed by atoms with Gasteiger partial charge in [0.25, 0.3) is 0 Å². The van der Waals surface area contributed by atoms with Crippen molar-refractivity contribution in [1.29, 1.82) is 0 Å². The Morgan fingerprint density at radius 2 is 0.926 bits per heavy atom. The van der Waals surface area contributed by atoms with Crippen molar-refractivity contribution in [1.82, 2.24) is 10.5 Å². The van der Waals surface area contributed by atoms with Gasteiger partial charge in [-0.1, -0.05) is 127 Å². The van der Waals surface area contributed by atoms with Crippen molar-refractivity contribution in [3.63, 3.8) is 0 Å². The van der Waals surface area contributed by atoms with Crippen molar-refractivity contribution in [3.05, 3.63) is 131 Å². The molecule has 54 heavy (non-hydrogen) atoms. The SMILES string of the molecule is CCC(=O)N[B]NC(=O)CC.Cc1ccccc1-c1cccc2[cH-]c(C(C)(C)C)cc12.Cc1ccccc1-c1cccc2[cH-]c(C(C)(C)C)cc12.[Cl][Zr+2][Cl]. The number of fused-ring (bicyclic) bond motifs is 2. The van der Waals surface area contributed by atoms with Crippen LogP contribution in [0.25, 0.3) is 43.8 Å². The molecule has 0 aliphatic rings. The van der Waals surface area contributed by atoms with E-state index in [1.165, 1.54) is 73.6 Å². The fraction of sp³-hybridized carbons (Fsp3) is 0.304. The Bertz CT molecular complexity index is 1970. The first-order chi connectivity index (χ1) is 25.5. The predicted octanol–water partition coefficient (Wildman–Crippen LogP) is 12.6. The zero-order chi connectivity index (χ0) is 40.1. The van der Waals surface area contributed by atoms with Gasteiger partial charge in [0.2, 0.25) is 11.8 Å². The van der Waals surface area contributed by atoms with E-state index >= 15 is 0 Å². The molecule has 281 valence electrons. The van der Waals surface area contributed by atoms with Gasteiger partial charge in [0.15, 0.2) is 0 Å². The fourth-order valence-electron chi connectivity index (χ4n) is 5.96. The van der Waals surface area contributed by atoms with Gasteiger partial charge in [0, 0.05) is 12.8 Å². The van der Waals surface area contributed by atoms with Crippen molar-refractivity contribution in [2.75, 3.05) is 0 Å². The third kappa shape index (κ3) is 12.8. The van der Waals surface area contributed by atoms with Crippen molar-refractivity contribution < 1.29 is 30.4 Å². The van der Waals surface area contributed by atoms with E-state index in [0.717, 1.165) is 0 Å². The molecule has 2 N–H and O–H groups in total. The topological polar surface area (TPSA) is 58.2 Å². The van der Waals surface area contributed by atoms with E-state index in [1.54, 1.807) is 13.8 Å². The van der Waals surface area contributed by atoms with Crippen LogP contribution in [0.3, 0.4) is 0 Å². The Morgan fingerprint density at radius 3 is 1.24 bits per heavy atom. The summed E-state index contributed by atoms with van der Waals surface area (Å²) in [7, 11) is 11.1. The summed E-state index contributed by atoms with van der Waals surface area (Å²) in [5.41, 5.74) is 11.2. The number of carbonyl (C=O) groups is 2. The molecule has 1 radical (unpaired) electrons. The first-order valence-electron chi connectivity index (χ1n) is 18.4. The van der Waals surface area contributed by atoms with Crippen LogP contribution in [-0.2, 0) is 41.3 Å². The van der Waals surface area contributed by atoms with Gasteiger partial charge in [-0.3, -0.25) is 9.59 Å². The minimum atomic E-state index is -0.826. The molecule has 6 aromatic rings. The quantitative estimate of drug-likeness (QED) is 0.130. The van der Waals surface area contributed by atoms with Gasteiger partial charge >= 0.3 is 45.4 Å². The molecule has 0 aliphatic carbocycles. The predicted molar refractivity (Wildman–Crippen MR) is 231 cm³/mol. The van der Waals surface area contributed by atoms with Gasteiger partial charge in [0.1, 0.15) is 0 Å². The molecule has 6 aromatic carbocycles. The average molecular weight is 840 g/mol. The van der Waals surface area contributed by atoms with E-state index in [-0.39, 0.29) is 22.6 Å². The number of rotatable bonds is 6. The molecule has 0 aromatic heterocycles. The van der Waals surface area contributed by atoms with Gasteiger partial charge in [-0.05, 0) is 46.9 Å². The van der Waals surface area contributed by atoms with Crippen LogP contribution in [0.2, 0.25) is 0 Å². The summed E-state index contributed by atoms with van der Waals surface area (Å²) in [6.07, 6.45) is 0.830. The van der Waals surface area contributed by atoms with Crippen LogP contribution in [0, 0.1) is 13.8 Å². The second-order valence-electron chi connectivity index (χ2n) is 15.3. The van der Waals surface area contributed by atoms with Crippen molar-refractivity contribution in [2.24, 2.45) is 0 Å². The van der Waals surface area contributed by atoms with Gasteiger partial charge in [-0.2, -0.15) is 12.1 Å². The van der Waals surface area contributed by atoms with E-state index in [9.17, 15) is 9.59 Å². The molecule has 0 heterocycles. The zero-order valence-corrected chi connectivity index (χ0v) is 37.4. The van der Waals surface area contributed by atoms with Crippen molar-refractivity contribution >= 4 is 57.9 Å². The first kappa shape index (κ1) is 45.0. The first-order valence-corrected chi connectivity index (χ1v) is 24.8. The molecule has 0 aliphatic heterocycles. The molecule has 8 heteroatoms. The Hall–Kier alpha value is -3.43. The van der Waals surface area contributed by atoms with Crippen molar-refractivity contribution in [2.45, 2.75) is 92.9 Å². The number of hydrogen-bond donors (Lipinski definition) is 2. The van der Waals surface area contributed by atoms with E-state index < -0.39 is 20.8 Å². The van der Waals surface area contributed by atoms with Gasteiger partial charge in [-0.15, -0.1) is 69.1 Å². The van der Waals surface area contributed by atoms with Gasteiger partial charge < -0.3 is 10.5 Å². The molecular weight excluding hydrogens is 785 g/mol. The summed E-state index contributed by atoms with van der Waals surface area (Å²) >= 11 is -0.826. The zero-order valence-electron chi connectivity index (χ0n) is 33.5. The summed E-state index contributed by atoms with van der Waals surface area (Å²) in [4.78, 5) is 21.2. The summed E-state index contributed by atoms with van der Waals surface area (Å²) in [6.45, 7) is 21.5. The summed E-state index contributed by atoms with van der Waals surface area (Å²) in [5.74, 6) is -0.220. The van der Waals surface area contributed by atoms with Crippen molar-refractivity contribution in [3.8, 4) is 22.3 Å². The third-order valence-electron chi connectivity index (χ3n) is 9.21. The van der Waals surface area contributed by atoms with Crippen LogP contribution >= 0.6 is 17.0 Å².